The van der Waals surface area contributed by atoms with Crippen LogP contribution in [0.3, 0.4) is 0 Å². The predicted octanol–water partition coefficient (Wildman–Crippen LogP) is 2.47. The highest BCUT2D eigenvalue weighted by Gasteiger charge is 2.61. The van der Waals surface area contributed by atoms with Crippen molar-refractivity contribution >= 4 is 29.0 Å². The van der Waals surface area contributed by atoms with Crippen LogP contribution >= 0.6 is 12.2 Å². The lowest BCUT2D eigenvalue weighted by molar-refractivity contribution is -0.139. The average molecular weight is 359 g/mol. The molecule has 2 aromatic rings. The van der Waals surface area contributed by atoms with Gasteiger partial charge in [0.05, 0.1) is 17.0 Å². The lowest BCUT2D eigenvalue weighted by atomic mass is 9.56. The first kappa shape index (κ1) is 16.5. The Hall–Kier alpha value is -1.99. The van der Waals surface area contributed by atoms with Crippen molar-refractivity contribution < 1.29 is 9.53 Å². The van der Waals surface area contributed by atoms with Gasteiger partial charge in [0.1, 0.15) is 0 Å². The summed E-state index contributed by atoms with van der Waals surface area (Å²) in [6.45, 7) is 5.09. The summed E-state index contributed by atoms with van der Waals surface area (Å²) >= 11 is 5.02. The quantitative estimate of drug-likeness (QED) is 0.808. The van der Waals surface area contributed by atoms with Crippen LogP contribution in [0.4, 0.5) is 0 Å². The highest BCUT2D eigenvalue weighted by Crippen LogP contribution is 2.54. The van der Waals surface area contributed by atoms with Gasteiger partial charge in [0.2, 0.25) is 0 Å². The number of benzene rings is 1. The van der Waals surface area contributed by atoms with Gasteiger partial charge in [-0.3, -0.25) is 14.6 Å². The van der Waals surface area contributed by atoms with Crippen LogP contribution in [0.5, 0.6) is 0 Å². The first-order chi connectivity index (χ1) is 11.8. The van der Waals surface area contributed by atoms with Crippen LogP contribution in [0.1, 0.15) is 30.6 Å². The zero-order chi connectivity index (χ0) is 17.9. The van der Waals surface area contributed by atoms with Crippen molar-refractivity contribution in [1.29, 1.82) is 0 Å². The highest BCUT2D eigenvalue weighted by molar-refractivity contribution is 7.71. The Morgan fingerprint density at radius 2 is 2.12 bits per heavy atom. The summed E-state index contributed by atoms with van der Waals surface area (Å²) in [5.41, 5.74) is 0.809. The molecule has 1 saturated carbocycles. The molecular weight excluding hydrogens is 338 g/mol. The van der Waals surface area contributed by atoms with Crippen molar-refractivity contribution in [2.24, 2.45) is 11.3 Å². The smallest absolute Gasteiger partial charge is 0.259 e. The van der Waals surface area contributed by atoms with E-state index in [4.69, 9.17) is 17.0 Å². The van der Waals surface area contributed by atoms with E-state index in [9.17, 15) is 9.59 Å². The third kappa shape index (κ3) is 2.37. The van der Waals surface area contributed by atoms with Crippen molar-refractivity contribution in [2.45, 2.75) is 32.4 Å². The Kier molecular flexibility index (Phi) is 3.63. The molecule has 1 aliphatic heterocycles. The van der Waals surface area contributed by atoms with Crippen LogP contribution in [-0.2, 0) is 4.74 Å². The summed E-state index contributed by atoms with van der Waals surface area (Å²) in [6, 6.07) is 5.21. The maximum atomic E-state index is 13.0. The average Bonchev–Trinajstić information content (AvgIpc) is 2.99. The van der Waals surface area contributed by atoms with E-state index in [0.717, 1.165) is 13.0 Å². The SMILES string of the molecule is CN(C(=O)c1ccc2c(=O)[nH]c(=S)[nH]c2c1)[C@@H]1[C@@H]2CCO[C@@H]2C1(C)C. The summed E-state index contributed by atoms with van der Waals surface area (Å²) in [4.78, 5) is 32.3. The van der Waals surface area contributed by atoms with Gasteiger partial charge in [0.25, 0.3) is 11.5 Å². The Labute approximate surface area is 150 Å². The second-order valence-corrected chi connectivity index (χ2v) is 8.00. The third-order valence-corrected chi connectivity index (χ3v) is 5.97. The fourth-order valence-electron chi connectivity index (χ4n) is 4.72. The first-order valence-electron chi connectivity index (χ1n) is 8.46. The van der Waals surface area contributed by atoms with Crippen molar-refractivity contribution in [3.8, 4) is 0 Å². The second kappa shape index (κ2) is 5.51. The molecule has 0 bridgehead atoms. The molecule has 0 unspecified atom stereocenters. The monoisotopic (exact) mass is 359 g/mol. The molecule has 6 nitrogen and oxygen atoms in total. The van der Waals surface area contributed by atoms with Gasteiger partial charge in [-0.2, -0.15) is 0 Å². The molecule has 0 radical (unpaired) electrons. The maximum absolute atomic E-state index is 13.0. The number of aromatic amines is 2. The summed E-state index contributed by atoms with van der Waals surface area (Å²) in [6.07, 6.45) is 1.23. The normalized spacial score (nSPS) is 26.9. The molecule has 25 heavy (non-hydrogen) atoms. The number of rotatable bonds is 2. The predicted molar refractivity (Wildman–Crippen MR) is 97.3 cm³/mol. The third-order valence-electron chi connectivity index (χ3n) is 5.76. The van der Waals surface area contributed by atoms with Crippen LogP contribution in [0.25, 0.3) is 10.9 Å². The van der Waals surface area contributed by atoms with Gasteiger partial charge < -0.3 is 14.6 Å². The van der Waals surface area contributed by atoms with E-state index in [2.05, 4.69) is 23.8 Å². The van der Waals surface area contributed by atoms with Crippen LogP contribution in [0, 0.1) is 16.1 Å². The Balaban J connectivity index is 1.68. The summed E-state index contributed by atoms with van der Waals surface area (Å²) < 4.78 is 6.08. The number of carbonyl (C=O) groups is 1. The van der Waals surface area contributed by atoms with Gasteiger partial charge in [-0.15, -0.1) is 0 Å². The van der Waals surface area contributed by atoms with E-state index in [1.54, 1.807) is 18.2 Å². The van der Waals surface area contributed by atoms with Crippen LogP contribution < -0.4 is 5.56 Å². The van der Waals surface area contributed by atoms with Crippen LogP contribution in [0.15, 0.2) is 23.0 Å². The van der Waals surface area contributed by atoms with E-state index in [1.807, 2.05) is 11.9 Å². The van der Waals surface area contributed by atoms with E-state index in [-0.39, 0.29) is 33.8 Å². The summed E-state index contributed by atoms with van der Waals surface area (Å²) in [5.74, 6) is 0.350. The molecule has 2 heterocycles. The first-order valence-corrected chi connectivity index (χ1v) is 8.86. The minimum Gasteiger partial charge on any atom is -0.377 e. The number of hydrogen-bond donors (Lipinski definition) is 2. The number of nitrogens with one attached hydrogen (secondary N) is 2. The minimum atomic E-state index is -0.253. The number of aromatic nitrogens is 2. The van der Waals surface area contributed by atoms with Gasteiger partial charge >= 0.3 is 0 Å². The van der Waals surface area contributed by atoms with Crippen LogP contribution in [0.2, 0.25) is 0 Å². The molecule has 132 valence electrons. The van der Waals surface area contributed by atoms with E-state index < -0.39 is 0 Å². The highest BCUT2D eigenvalue weighted by atomic mass is 32.1. The molecule has 2 N–H and O–H groups in total. The Bertz CT molecular complexity index is 977. The van der Waals surface area contributed by atoms with E-state index in [1.165, 1.54) is 0 Å². The fourth-order valence-corrected chi connectivity index (χ4v) is 4.92. The molecule has 4 rings (SSSR count). The van der Waals surface area contributed by atoms with E-state index >= 15 is 0 Å². The lowest BCUT2D eigenvalue weighted by Crippen LogP contribution is -2.66. The van der Waals surface area contributed by atoms with Gasteiger partial charge in [-0.1, -0.05) is 13.8 Å². The van der Waals surface area contributed by atoms with Crippen LogP contribution in [-0.4, -0.2) is 46.6 Å². The minimum absolute atomic E-state index is 0.0510. The topological polar surface area (TPSA) is 78.2 Å². The number of ether oxygens (including phenoxy) is 1. The van der Waals surface area contributed by atoms with Gasteiger partial charge in [0.15, 0.2) is 4.77 Å². The largest absolute Gasteiger partial charge is 0.377 e. The molecule has 1 saturated heterocycles. The number of hydrogen-bond acceptors (Lipinski definition) is 4. The molecule has 1 aromatic heterocycles. The van der Waals surface area contributed by atoms with Crippen molar-refractivity contribution in [3.63, 3.8) is 0 Å². The number of H-pyrrole nitrogens is 2. The zero-order valence-corrected chi connectivity index (χ0v) is 15.3. The number of nitrogens with zero attached hydrogens (tertiary/aromatic N) is 1. The van der Waals surface area contributed by atoms with Crippen molar-refractivity contribution in [3.05, 3.63) is 38.9 Å². The van der Waals surface area contributed by atoms with Gasteiger partial charge in [0, 0.05) is 36.6 Å². The molecule has 1 aliphatic carbocycles. The molecule has 7 heteroatoms. The Morgan fingerprint density at radius 3 is 2.88 bits per heavy atom. The van der Waals surface area contributed by atoms with Crippen molar-refractivity contribution in [2.75, 3.05) is 13.7 Å². The maximum Gasteiger partial charge on any atom is 0.259 e. The fraction of sp³-hybridized carbons (Fsp3) is 0.500. The summed E-state index contributed by atoms with van der Waals surface area (Å²) in [7, 11) is 1.85. The number of carbonyl (C=O) groups excluding carboxylic acids is 1. The molecular formula is C18H21N3O3S. The lowest BCUT2D eigenvalue weighted by Gasteiger charge is -2.57. The van der Waals surface area contributed by atoms with E-state index in [0.29, 0.717) is 22.4 Å². The van der Waals surface area contributed by atoms with Gasteiger partial charge in [-0.25, -0.2) is 0 Å². The molecule has 1 aromatic carbocycles. The standard InChI is InChI=1S/C18H21N3O3S/c1-18(2)13(11-6-7-24-14(11)18)21(3)16(23)9-4-5-10-12(8-9)19-17(25)20-15(10)22/h4-5,8,11,13-14H,6-7H2,1-3H3,(H2,19,20,22,25)/t11-,13+,14-/m0/s1. The zero-order valence-electron chi connectivity index (χ0n) is 14.5. The number of amides is 1. The summed E-state index contributed by atoms with van der Waals surface area (Å²) in [5, 5.41) is 0.487. The Morgan fingerprint density at radius 1 is 1.36 bits per heavy atom. The van der Waals surface area contributed by atoms with Crippen molar-refractivity contribution in [1.82, 2.24) is 14.9 Å². The second-order valence-electron chi connectivity index (χ2n) is 7.59. The molecule has 2 fully saturated rings. The molecule has 2 aliphatic rings. The molecule has 3 atom stereocenters. The number of fused-ring (bicyclic) bond motifs is 2. The molecule has 0 spiro atoms. The van der Waals surface area contributed by atoms with Gasteiger partial charge in [-0.05, 0) is 36.8 Å². The molecule has 1 amide bonds.